The van der Waals surface area contributed by atoms with Gasteiger partial charge in [0.05, 0.1) is 65.5 Å². The monoisotopic (exact) mass is 1090 g/mol. The molecule has 444 valence electrons. The Labute approximate surface area is 457 Å². The van der Waals surface area contributed by atoms with Crippen LogP contribution in [0.3, 0.4) is 0 Å². The first kappa shape index (κ1) is 72.2. The number of likely N-dealkylation sites (N-methyl/N-ethyl adjacent to an activating group) is 1. The molecule has 20 heteroatoms. The molecule has 0 aliphatic rings. The van der Waals surface area contributed by atoms with Crippen molar-refractivity contribution in [2.75, 3.05) is 119 Å². The Morgan fingerprint density at radius 2 is 0.750 bits per heavy atom. The fourth-order valence-corrected chi connectivity index (χ4v) is 8.10. The maximum absolute atomic E-state index is 13.3. The number of nitrogens with two attached hydrogens (primary N) is 1. The highest BCUT2D eigenvalue weighted by Gasteiger charge is 2.22. The molecule has 76 heavy (non-hydrogen) atoms. The summed E-state index contributed by atoms with van der Waals surface area (Å²) in [5.74, 6) is -2.00. The van der Waals surface area contributed by atoms with E-state index in [4.69, 9.17) is 34.2 Å². The third kappa shape index (κ3) is 51.0. The number of Topliss-reactive ketones (excluding diaryl/α,β-unsaturated/α-hetero) is 1. The molecule has 0 saturated heterocycles. The highest BCUT2D eigenvalue weighted by Crippen LogP contribution is 2.15. The Balaban J connectivity index is 4.46. The van der Waals surface area contributed by atoms with Crippen LogP contribution >= 0.6 is 0 Å². The lowest BCUT2D eigenvalue weighted by atomic mass is 9.95. The number of nitrogens with one attached hydrogen (secondary N) is 6. The molecule has 0 heterocycles. The van der Waals surface area contributed by atoms with E-state index in [0.29, 0.717) is 90.9 Å². The summed E-state index contributed by atoms with van der Waals surface area (Å²) < 4.78 is 33.0. The Morgan fingerprint density at radius 3 is 1.17 bits per heavy atom. The second-order valence-electron chi connectivity index (χ2n) is 19.5. The molecule has 6 amide bonds. The summed E-state index contributed by atoms with van der Waals surface area (Å²) in [6.07, 6.45) is 26.3. The van der Waals surface area contributed by atoms with Crippen LogP contribution in [0, 0.1) is 5.92 Å². The first-order valence-electron chi connectivity index (χ1n) is 29.3. The Hall–Kier alpha value is -3.79. The highest BCUT2D eigenvalue weighted by molar-refractivity contribution is 5.87. The molecule has 0 aromatic carbocycles. The first-order valence-corrected chi connectivity index (χ1v) is 29.3. The van der Waals surface area contributed by atoms with Crippen molar-refractivity contribution >= 4 is 41.2 Å². The van der Waals surface area contributed by atoms with E-state index in [0.717, 1.165) is 32.1 Å². The van der Waals surface area contributed by atoms with Crippen molar-refractivity contribution in [3.8, 4) is 0 Å². The van der Waals surface area contributed by atoms with E-state index >= 15 is 0 Å². The molecule has 0 spiro atoms. The van der Waals surface area contributed by atoms with Gasteiger partial charge >= 0.3 is 0 Å². The van der Waals surface area contributed by atoms with Crippen LogP contribution in [0.5, 0.6) is 0 Å². The molecule has 0 bridgehead atoms. The van der Waals surface area contributed by atoms with E-state index in [1.807, 2.05) is 0 Å². The minimum absolute atomic E-state index is 0.0215. The molecule has 0 radical (unpaired) electrons. The lowest BCUT2D eigenvalue weighted by Gasteiger charge is -2.17. The number of hydrogen-bond donors (Lipinski definition) is 7. The van der Waals surface area contributed by atoms with E-state index in [1.165, 1.54) is 89.9 Å². The molecule has 0 fully saturated rings. The van der Waals surface area contributed by atoms with Gasteiger partial charge in [0.25, 0.3) is 0 Å². The number of carbonyl (C=O) groups excluding carboxylic acids is 7. The fraction of sp³-hybridized carbons (Fsp3) is 0.875. The molecule has 0 saturated carbocycles. The van der Waals surface area contributed by atoms with Crippen molar-refractivity contribution in [3.05, 3.63) is 0 Å². The van der Waals surface area contributed by atoms with Gasteiger partial charge in [-0.1, -0.05) is 123 Å². The molecule has 0 unspecified atom stereocenters. The predicted molar refractivity (Wildman–Crippen MR) is 297 cm³/mol. The zero-order valence-corrected chi connectivity index (χ0v) is 47.7. The zero-order valence-electron chi connectivity index (χ0n) is 47.7. The molecule has 2 atom stereocenters. The maximum atomic E-state index is 13.3. The van der Waals surface area contributed by atoms with Gasteiger partial charge in [-0.2, -0.15) is 0 Å². The fourth-order valence-electron chi connectivity index (χ4n) is 8.10. The molecule has 0 aliphatic carbocycles. The Kier molecular flexibility index (Phi) is 53.2. The van der Waals surface area contributed by atoms with Crippen molar-refractivity contribution in [3.63, 3.8) is 0 Å². The largest absolute Gasteiger partial charge is 0.377 e. The van der Waals surface area contributed by atoms with Gasteiger partial charge in [0, 0.05) is 57.9 Å². The molecular weight excluding hydrogens is 979 g/mol. The van der Waals surface area contributed by atoms with Crippen molar-refractivity contribution in [1.82, 2.24) is 31.9 Å². The van der Waals surface area contributed by atoms with Crippen LogP contribution in [0.2, 0.25) is 0 Å². The van der Waals surface area contributed by atoms with Gasteiger partial charge in [-0.15, -0.1) is 0 Å². The van der Waals surface area contributed by atoms with Crippen molar-refractivity contribution in [2.24, 2.45) is 11.7 Å². The summed E-state index contributed by atoms with van der Waals surface area (Å²) >= 11 is 0. The summed E-state index contributed by atoms with van der Waals surface area (Å²) in [4.78, 5) is 86.1. The number of ketones is 1. The van der Waals surface area contributed by atoms with Crippen LogP contribution in [0.4, 0.5) is 0 Å². The average molecular weight is 1090 g/mol. The van der Waals surface area contributed by atoms with Crippen LogP contribution in [0.15, 0.2) is 0 Å². The van der Waals surface area contributed by atoms with Crippen molar-refractivity contribution in [1.29, 1.82) is 0 Å². The van der Waals surface area contributed by atoms with E-state index in [-0.39, 0.29) is 114 Å². The Morgan fingerprint density at radius 1 is 0.382 bits per heavy atom. The number of amides is 6. The molecule has 0 aromatic heterocycles. The maximum Gasteiger partial charge on any atom is 0.245 e. The topological polar surface area (TPSA) is 273 Å². The van der Waals surface area contributed by atoms with E-state index in [2.05, 4.69) is 45.7 Å². The van der Waals surface area contributed by atoms with Crippen molar-refractivity contribution < 1.29 is 62.0 Å². The van der Waals surface area contributed by atoms with Gasteiger partial charge in [0.15, 0.2) is 5.78 Å². The quantitative estimate of drug-likeness (QED) is 0.0371. The first-order chi connectivity index (χ1) is 37.0. The number of ether oxygens (including phenoxy) is 6. The van der Waals surface area contributed by atoms with Gasteiger partial charge in [-0.05, 0) is 52.0 Å². The minimum Gasteiger partial charge on any atom is -0.377 e. The Bertz CT molecular complexity index is 1450. The third-order valence-electron chi connectivity index (χ3n) is 12.6. The number of hydrogen-bond acceptors (Lipinski definition) is 14. The molecule has 0 aliphatic heterocycles. The minimum atomic E-state index is -0.617. The summed E-state index contributed by atoms with van der Waals surface area (Å²) in [5, 5.41) is 17.1. The van der Waals surface area contributed by atoms with Crippen LogP contribution in [0.1, 0.15) is 187 Å². The molecule has 20 nitrogen and oxygen atoms in total. The second-order valence-corrected chi connectivity index (χ2v) is 19.5. The number of primary amides is 1. The van der Waals surface area contributed by atoms with Gasteiger partial charge in [0.2, 0.25) is 35.4 Å². The number of unbranched alkanes of at least 4 members (excludes halogenated alkanes) is 18. The van der Waals surface area contributed by atoms with E-state index in [1.54, 1.807) is 7.05 Å². The average Bonchev–Trinajstić information content (AvgIpc) is 3.40. The van der Waals surface area contributed by atoms with Crippen molar-refractivity contribution in [2.45, 2.75) is 193 Å². The summed E-state index contributed by atoms with van der Waals surface area (Å²) in [6, 6.07) is -0.389. The number of carbonyl (C=O) groups is 7. The van der Waals surface area contributed by atoms with Gasteiger partial charge in [-0.25, -0.2) is 0 Å². The van der Waals surface area contributed by atoms with Crippen LogP contribution in [0.25, 0.3) is 0 Å². The summed E-state index contributed by atoms with van der Waals surface area (Å²) in [5.41, 5.74) is 5.32. The SMILES string of the molecule is CCCCCCCCCCCC(=O)NCCOCCOCC(=O)C[C@@H](CCCCNC(=O)COCCOCCNC(=O)CCCCCCCCCCC)C(=O)NCCOCCOCC(=O)NCCCC[C@H](NC)C(N)=O. The smallest absolute Gasteiger partial charge is 0.245 e. The lowest BCUT2D eigenvalue weighted by molar-refractivity contribution is -0.132. The molecule has 0 aromatic rings. The van der Waals surface area contributed by atoms with Gasteiger partial charge < -0.3 is 66.1 Å². The molecular formula is C56H107N7O13. The lowest BCUT2D eigenvalue weighted by Crippen LogP contribution is -2.39. The summed E-state index contributed by atoms with van der Waals surface area (Å²) in [6.45, 7) is 8.17. The highest BCUT2D eigenvalue weighted by atomic mass is 16.5. The van der Waals surface area contributed by atoms with Crippen LogP contribution in [-0.4, -0.2) is 166 Å². The zero-order chi connectivity index (χ0) is 55.8. The van der Waals surface area contributed by atoms with Crippen LogP contribution < -0.4 is 37.6 Å². The predicted octanol–water partition coefficient (Wildman–Crippen LogP) is 5.50. The van der Waals surface area contributed by atoms with Gasteiger partial charge in [-0.3, -0.25) is 33.6 Å². The van der Waals surface area contributed by atoms with E-state index in [9.17, 15) is 33.6 Å². The third-order valence-corrected chi connectivity index (χ3v) is 12.6. The standard InChI is InChI=1S/C56H107N7O13/c1-4-6-8-10-12-14-16-18-20-28-51(65)61-32-35-71-38-41-74-45-49(64)44-48(56(70)63-34-37-73-40-43-76-47-54(68)60-31-25-23-27-50(58-3)55(57)69)26-22-24-30-59-53(67)46-75-42-39-72-36-33-62-52(66)29-21-19-17-15-13-11-9-7-5-2/h48,50,58H,4-47H2,1-3H3,(H2,57,69)(H,59,67)(H,60,68)(H,61,65)(H,62,66)(H,63,70)/t48-,50+/m1/s1. The number of rotatable bonds is 59. The van der Waals surface area contributed by atoms with E-state index < -0.39 is 11.8 Å². The summed E-state index contributed by atoms with van der Waals surface area (Å²) in [7, 11) is 1.68. The molecule has 0 rings (SSSR count). The second kappa shape index (κ2) is 55.9. The normalized spacial score (nSPS) is 12.0. The van der Waals surface area contributed by atoms with Crippen LogP contribution in [-0.2, 0) is 62.0 Å². The molecule has 8 N–H and O–H groups in total. The van der Waals surface area contributed by atoms with Gasteiger partial charge in [0.1, 0.15) is 19.8 Å².